The number of carbonyl (C=O) groups is 2. The smallest absolute Gasteiger partial charge is 0.252 e. The second kappa shape index (κ2) is 7.90. The molecule has 1 rings (SSSR count). The molecule has 2 N–H and O–H groups in total. The van der Waals surface area contributed by atoms with Crippen LogP contribution in [0.2, 0.25) is 5.02 Å². The number of rotatable bonds is 6. The quantitative estimate of drug-likeness (QED) is 0.844. The average Bonchev–Trinajstić information content (AvgIpc) is 2.35. The number of hydrogen-bond donors (Lipinski definition) is 2. The maximum absolute atomic E-state index is 11.8. The lowest BCUT2D eigenvalue weighted by Crippen LogP contribution is -2.24. The first kappa shape index (κ1) is 16.5. The summed E-state index contributed by atoms with van der Waals surface area (Å²) in [6, 6.07) is 4.91. The van der Waals surface area contributed by atoms with E-state index in [9.17, 15) is 9.59 Å². The molecule has 0 aliphatic carbocycles. The number of carbonyl (C=O) groups excluding carboxylic acids is 2. The maximum Gasteiger partial charge on any atom is 0.252 e. The van der Waals surface area contributed by atoms with E-state index in [0.717, 1.165) is 6.42 Å². The molecule has 1 aromatic rings. The van der Waals surface area contributed by atoms with Crippen LogP contribution < -0.4 is 10.6 Å². The third-order valence-electron chi connectivity index (χ3n) is 2.63. The van der Waals surface area contributed by atoms with Crippen molar-refractivity contribution in [3.05, 3.63) is 28.8 Å². The molecule has 0 aliphatic heterocycles. The summed E-state index contributed by atoms with van der Waals surface area (Å²) in [4.78, 5) is 23.5. The summed E-state index contributed by atoms with van der Waals surface area (Å²) in [5.41, 5.74) is 1.02. The van der Waals surface area contributed by atoms with E-state index in [2.05, 4.69) is 10.6 Å². The number of halogens is 1. The Labute approximate surface area is 124 Å². The van der Waals surface area contributed by atoms with E-state index in [-0.39, 0.29) is 11.8 Å². The van der Waals surface area contributed by atoms with Crippen molar-refractivity contribution < 1.29 is 9.59 Å². The van der Waals surface area contributed by atoms with Gasteiger partial charge in [0.2, 0.25) is 5.91 Å². The van der Waals surface area contributed by atoms with Crippen molar-refractivity contribution in [2.75, 3.05) is 11.9 Å². The van der Waals surface area contributed by atoms with Crippen molar-refractivity contribution in [1.29, 1.82) is 0 Å². The lowest BCUT2D eigenvalue weighted by molar-refractivity contribution is -0.116. The largest absolute Gasteiger partial charge is 0.352 e. The highest BCUT2D eigenvalue weighted by Gasteiger charge is 2.11. The molecule has 0 atom stereocenters. The predicted molar refractivity (Wildman–Crippen MR) is 82.2 cm³/mol. The van der Waals surface area contributed by atoms with Gasteiger partial charge < -0.3 is 10.6 Å². The molecule has 0 saturated heterocycles. The fourth-order valence-electron chi connectivity index (χ4n) is 1.69. The van der Waals surface area contributed by atoms with E-state index in [4.69, 9.17) is 11.6 Å². The number of anilines is 1. The van der Waals surface area contributed by atoms with Gasteiger partial charge in [-0.2, -0.15) is 0 Å². The van der Waals surface area contributed by atoms with Crippen LogP contribution in [0.15, 0.2) is 18.2 Å². The molecule has 4 nitrogen and oxygen atoms in total. The Hall–Kier alpha value is -1.55. The molecule has 0 aromatic heterocycles. The topological polar surface area (TPSA) is 58.2 Å². The van der Waals surface area contributed by atoms with Gasteiger partial charge in [-0.1, -0.05) is 32.4 Å². The second-order valence-corrected chi connectivity index (χ2v) is 5.50. The number of nitrogens with one attached hydrogen (secondary N) is 2. The zero-order valence-electron chi connectivity index (χ0n) is 12.1. The van der Waals surface area contributed by atoms with Gasteiger partial charge in [-0.05, 0) is 30.5 Å². The minimum absolute atomic E-state index is 0.0562. The molecular formula is C15H21ClN2O2. The van der Waals surface area contributed by atoms with Crippen LogP contribution in [0.1, 0.15) is 44.0 Å². The zero-order chi connectivity index (χ0) is 15.1. The van der Waals surface area contributed by atoms with Gasteiger partial charge in [0.1, 0.15) is 0 Å². The van der Waals surface area contributed by atoms with Crippen LogP contribution >= 0.6 is 11.6 Å². The van der Waals surface area contributed by atoms with Gasteiger partial charge >= 0.3 is 0 Å². The number of hydrogen-bond acceptors (Lipinski definition) is 2. The fraction of sp³-hybridized carbons (Fsp3) is 0.467. The van der Waals surface area contributed by atoms with Crippen LogP contribution in [0.5, 0.6) is 0 Å². The normalized spacial score (nSPS) is 10.4. The first-order valence-electron chi connectivity index (χ1n) is 6.81. The summed E-state index contributed by atoms with van der Waals surface area (Å²) in [6.07, 6.45) is 1.32. The molecule has 0 radical (unpaired) electrons. The van der Waals surface area contributed by atoms with E-state index in [0.29, 0.717) is 35.2 Å². The van der Waals surface area contributed by atoms with E-state index >= 15 is 0 Å². The summed E-state index contributed by atoms with van der Waals surface area (Å²) in [5.74, 6) is 0.0423. The molecule has 0 saturated carbocycles. The Balaban J connectivity index is 2.72. The van der Waals surface area contributed by atoms with Crippen LogP contribution in [-0.4, -0.2) is 18.4 Å². The zero-order valence-corrected chi connectivity index (χ0v) is 12.9. The molecule has 0 heterocycles. The Kier molecular flexibility index (Phi) is 6.52. The van der Waals surface area contributed by atoms with Crippen LogP contribution in [0.4, 0.5) is 5.69 Å². The first-order valence-corrected chi connectivity index (χ1v) is 7.19. The number of benzene rings is 1. The summed E-state index contributed by atoms with van der Waals surface area (Å²) >= 11 is 6.08. The van der Waals surface area contributed by atoms with Crippen molar-refractivity contribution in [3.8, 4) is 0 Å². The second-order valence-electron chi connectivity index (χ2n) is 5.10. The van der Waals surface area contributed by atoms with Gasteiger partial charge in [0.25, 0.3) is 5.91 Å². The van der Waals surface area contributed by atoms with Crippen LogP contribution in [0.25, 0.3) is 0 Å². The molecule has 110 valence electrons. The van der Waals surface area contributed by atoms with Crippen LogP contribution in [0.3, 0.4) is 0 Å². The molecule has 2 amide bonds. The predicted octanol–water partition coefficient (Wildman–Crippen LogP) is 3.46. The summed E-state index contributed by atoms with van der Waals surface area (Å²) in [5, 5.41) is 5.87. The monoisotopic (exact) mass is 296 g/mol. The molecule has 0 aliphatic rings. The Morgan fingerprint density at radius 2 is 2.00 bits per heavy atom. The highest BCUT2D eigenvalue weighted by atomic mass is 35.5. The summed E-state index contributed by atoms with van der Waals surface area (Å²) < 4.78 is 0. The summed E-state index contributed by atoms with van der Waals surface area (Å²) in [6.45, 7) is 6.55. The third kappa shape index (κ3) is 5.21. The van der Waals surface area contributed by atoms with Gasteiger partial charge in [-0.15, -0.1) is 0 Å². The maximum atomic E-state index is 11.8. The molecule has 0 fully saturated rings. The van der Waals surface area contributed by atoms with Crippen molar-refractivity contribution in [3.63, 3.8) is 0 Å². The first-order chi connectivity index (χ1) is 9.43. The molecule has 5 heteroatoms. The highest BCUT2D eigenvalue weighted by molar-refractivity contribution is 6.34. The van der Waals surface area contributed by atoms with Gasteiger partial charge in [-0.3, -0.25) is 9.59 Å². The lowest BCUT2D eigenvalue weighted by Gasteiger charge is -2.10. The van der Waals surface area contributed by atoms with Gasteiger partial charge in [-0.25, -0.2) is 0 Å². The van der Waals surface area contributed by atoms with E-state index < -0.39 is 0 Å². The molecule has 0 spiro atoms. The minimum Gasteiger partial charge on any atom is -0.352 e. The fourth-order valence-corrected chi connectivity index (χ4v) is 1.96. The van der Waals surface area contributed by atoms with Crippen molar-refractivity contribution in [2.45, 2.75) is 33.6 Å². The Bertz CT molecular complexity index is 487. The molecule has 1 aromatic carbocycles. The minimum atomic E-state index is -0.197. The SMILES string of the molecule is CCCNC(=O)c1ccc(NC(=O)CC(C)C)cc1Cl. The highest BCUT2D eigenvalue weighted by Crippen LogP contribution is 2.21. The molecule has 0 bridgehead atoms. The number of amides is 2. The van der Waals surface area contributed by atoms with Gasteiger partial charge in [0.05, 0.1) is 10.6 Å². The van der Waals surface area contributed by atoms with E-state index in [1.807, 2.05) is 20.8 Å². The third-order valence-corrected chi connectivity index (χ3v) is 2.94. The Morgan fingerprint density at radius 3 is 2.55 bits per heavy atom. The van der Waals surface area contributed by atoms with Crippen LogP contribution in [0, 0.1) is 5.92 Å². The van der Waals surface area contributed by atoms with Crippen molar-refractivity contribution >= 4 is 29.1 Å². The van der Waals surface area contributed by atoms with Crippen molar-refractivity contribution in [2.24, 2.45) is 5.92 Å². The average molecular weight is 297 g/mol. The molecule has 20 heavy (non-hydrogen) atoms. The van der Waals surface area contributed by atoms with Gasteiger partial charge in [0.15, 0.2) is 0 Å². The lowest BCUT2D eigenvalue weighted by atomic mass is 10.1. The Morgan fingerprint density at radius 1 is 1.30 bits per heavy atom. The van der Waals surface area contributed by atoms with Gasteiger partial charge in [0, 0.05) is 18.7 Å². The summed E-state index contributed by atoms with van der Waals surface area (Å²) in [7, 11) is 0. The van der Waals surface area contributed by atoms with Crippen LogP contribution in [-0.2, 0) is 4.79 Å². The molecule has 0 unspecified atom stereocenters. The van der Waals surface area contributed by atoms with Crippen molar-refractivity contribution in [1.82, 2.24) is 5.32 Å². The standard InChI is InChI=1S/C15H21ClN2O2/c1-4-7-17-15(20)12-6-5-11(9-13(12)16)18-14(19)8-10(2)3/h5-6,9-10H,4,7-8H2,1-3H3,(H,17,20)(H,18,19). The molecular weight excluding hydrogens is 276 g/mol. The van der Waals surface area contributed by atoms with E-state index in [1.54, 1.807) is 18.2 Å². The van der Waals surface area contributed by atoms with E-state index in [1.165, 1.54) is 0 Å².